The first-order valence-electron chi connectivity index (χ1n) is 21.0. The Kier molecular flexibility index (Phi) is 8.99. The fraction of sp³-hybridized carbons (Fsp3) is 0.185. The van der Waals surface area contributed by atoms with E-state index >= 15 is 0 Å². The molecule has 0 unspecified atom stereocenters. The van der Waals surface area contributed by atoms with Gasteiger partial charge in [0, 0.05) is 43.1 Å². The Morgan fingerprint density at radius 3 is 2.13 bits per heavy atom. The normalized spacial score (nSPS) is 12.5. The third-order valence-corrected chi connectivity index (χ3v) is 12.4. The third kappa shape index (κ3) is 5.89. The molecule has 11 aromatic rings. The molecule has 7 aromatic carbocycles. The Labute approximate surface area is 374 Å². The van der Waals surface area contributed by atoms with Crippen LogP contribution in [-0.2, 0) is 31.9 Å². The van der Waals surface area contributed by atoms with Gasteiger partial charge in [-0.1, -0.05) is 148 Å². The van der Waals surface area contributed by atoms with Gasteiger partial charge in [0.2, 0.25) is 0 Å². The van der Waals surface area contributed by atoms with Crippen LogP contribution in [0.3, 0.4) is 0 Å². The van der Waals surface area contributed by atoms with Crippen LogP contribution in [0.5, 0.6) is 5.75 Å². The quantitative estimate of drug-likeness (QED) is 0.108. The van der Waals surface area contributed by atoms with Gasteiger partial charge in [-0.15, -0.1) is 11.6 Å². The van der Waals surface area contributed by atoms with Crippen molar-refractivity contribution in [2.24, 2.45) is 0 Å². The van der Waals surface area contributed by atoms with Crippen molar-refractivity contribution in [3.05, 3.63) is 150 Å². The van der Waals surface area contributed by atoms with Crippen molar-refractivity contribution in [3.63, 3.8) is 0 Å². The van der Waals surface area contributed by atoms with Gasteiger partial charge in [0.15, 0.2) is 0 Å². The summed E-state index contributed by atoms with van der Waals surface area (Å²) >= 11 is 0. The first-order valence-corrected chi connectivity index (χ1v) is 21.0. The number of aromatic hydroxyl groups is 1. The van der Waals surface area contributed by atoms with Crippen LogP contribution in [0.1, 0.15) is 64.1 Å². The van der Waals surface area contributed by atoms with Gasteiger partial charge in [0.1, 0.15) is 23.7 Å². The van der Waals surface area contributed by atoms with Crippen LogP contribution < -0.4 is 0 Å². The topological polar surface area (TPSA) is 81.1 Å². The number of nitrogens with zero attached hydrogens (tertiary/aromatic N) is 6. The van der Waals surface area contributed by atoms with E-state index in [9.17, 15) is 5.11 Å². The summed E-state index contributed by atoms with van der Waals surface area (Å²) in [5, 5.41) is 16.5. The Balaban J connectivity index is 0.00000458. The minimum atomic E-state index is -0.331. The summed E-state index contributed by atoms with van der Waals surface area (Å²) in [6.45, 7) is 17.3. The van der Waals surface area contributed by atoms with Crippen molar-refractivity contribution in [3.8, 4) is 45.1 Å². The third-order valence-electron chi connectivity index (χ3n) is 12.4. The molecule has 11 rings (SSSR count). The van der Waals surface area contributed by atoms with Crippen molar-refractivity contribution >= 4 is 60.2 Å². The second-order valence-corrected chi connectivity index (χ2v) is 18.6. The standard InChI is InChI=1S/C54H45N6O.Pt/c1-30-21-24-44(37(25-30)32-15-10-9-11-16-32)60-45-20-14-19-35(47(45)58-52(60)40-26-33(53(3,4)5)27-41(51(40)61)54(6,7)8)38-28-39-48-46-42(55-29-56-48)22-23-43-50(46)59(31(2)57-43)49(39)36-18-13-12-17-34(36)38;/h9-27,29,61H,1-8H3;/q-1;. The van der Waals surface area contributed by atoms with Gasteiger partial charge in [-0.25, -0.2) is 15.0 Å². The molecule has 0 aliphatic carbocycles. The number of phenolic OH excluding ortho intramolecular Hbond substituents is 1. The second-order valence-electron chi connectivity index (χ2n) is 18.6. The van der Waals surface area contributed by atoms with Crippen LogP contribution in [-0.4, -0.2) is 34.0 Å². The van der Waals surface area contributed by atoms with Crippen LogP contribution in [0.2, 0.25) is 0 Å². The van der Waals surface area contributed by atoms with E-state index in [1.807, 2.05) is 6.07 Å². The van der Waals surface area contributed by atoms with Crippen molar-refractivity contribution in [1.29, 1.82) is 0 Å². The van der Waals surface area contributed by atoms with E-state index in [4.69, 9.17) is 15.0 Å². The monoisotopic (exact) mass is 988 g/mol. The number of fused-ring (bicyclic) bond motifs is 6. The number of aromatic nitrogens is 6. The van der Waals surface area contributed by atoms with E-state index in [-0.39, 0.29) is 37.6 Å². The van der Waals surface area contributed by atoms with Crippen molar-refractivity contribution in [1.82, 2.24) is 28.9 Å². The van der Waals surface area contributed by atoms with E-state index < -0.39 is 0 Å². The SMILES string of the molecule is Cc1ccc(-n2c(-c3cc(C(C)(C)C)cc(C(C)(C)C)c3O)nc3c(-c4[c-]c5c6ncnc7ccc8nc(C)n(c5c5ccccc45)c8c76)cccc32)c(-c2ccccc2)c1.[Pt]. The van der Waals surface area contributed by atoms with Crippen molar-refractivity contribution in [2.45, 2.75) is 66.2 Å². The van der Waals surface area contributed by atoms with Gasteiger partial charge in [-0.2, -0.15) is 0 Å². The number of rotatable bonds is 4. The van der Waals surface area contributed by atoms with E-state index in [2.05, 4.69) is 185 Å². The molecular weight excluding hydrogens is 944 g/mol. The summed E-state index contributed by atoms with van der Waals surface area (Å²) < 4.78 is 4.52. The van der Waals surface area contributed by atoms with Gasteiger partial charge in [-0.3, -0.25) is 9.55 Å². The molecule has 8 heteroatoms. The Bertz CT molecular complexity index is 3590. The maximum atomic E-state index is 12.5. The number of aryl methyl sites for hydroxylation is 2. The van der Waals surface area contributed by atoms with Gasteiger partial charge in [-0.05, 0) is 77.7 Å². The van der Waals surface area contributed by atoms with Gasteiger partial charge in [0.05, 0.1) is 38.8 Å². The maximum Gasteiger partial charge on any atom is 0.148 e. The summed E-state index contributed by atoms with van der Waals surface area (Å²) in [5.74, 6) is 1.81. The molecule has 308 valence electrons. The first kappa shape index (κ1) is 39.7. The Morgan fingerprint density at radius 1 is 0.629 bits per heavy atom. The maximum absolute atomic E-state index is 12.5. The van der Waals surface area contributed by atoms with E-state index in [0.29, 0.717) is 11.4 Å². The molecule has 0 saturated carbocycles. The second kappa shape index (κ2) is 14.1. The zero-order valence-electron chi connectivity index (χ0n) is 36.0. The molecule has 62 heavy (non-hydrogen) atoms. The summed E-state index contributed by atoms with van der Waals surface area (Å²) in [6.07, 6.45) is 1.65. The summed E-state index contributed by atoms with van der Waals surface area (Å²) in [6, 6.07) is 44.5. The molecule has 4 heterocycles. The molecule has 0 atom stereocenters. The first-order chi connectivity index (χ1) is 29.3. The van der Waals surface area contributed by atoms with Crippen molar-refractivity contribution in [2.75, 3.05) is 0 Å². The zero-order valence-corrected chi connectivity index (χ0v) is 38.3. The molecule has 0 bridgehead atoms. The molecule has 0 aliphatic rings. The predicted molar refractivity (Wildman–Crippen MR) is 250 cm³/mol. The minimum absolute atomic E-state index is 0. The van der Waals surface area contributed by atoms with E-state index in [1.54, 1.807) is 6.33 Å². The summed E-state index contributed by atoms with van der Waals surface area (Å²) in [4.78, 5) is 20.3. The molecule has 0 aliphatic heterocycles. The fourth-order valence-corrected chi connectivity index (χ4v) is 9.43. The van der Waals surface area contributed by atoms with Gasteiger partial charge >= 0.3 is 0 Å². The van der Waals surface area contributed by atoms with Crippen LogP contribution >= 0.6 is 0 Å². The number of pyridine rings is 1. The van der Waals surface area contributed by atoms with Crippen LogP contribution in [0.25, 0.3) is 99.5 Å². The molecule has 0 radical (unpaired) electrons. The molecule has 1 N–H and O–H groups in total. The van der Waals surface area contributed by atoms with E-state index in [0.717, 1.165) is 111 Å². The molecular formula is C54H45N6OPt-. The molecule has 7 nitrogen and oxygen atoms in total. The van der Waals surface area contributed by atoms with Gasteiger partial charge in [0.25, 0.3) is 0 Å². The number of para-hydroxylation sites is 1. The van der Waals surface area contributed by atoms with Crippen LogP contribution in [0.15, 0.2) is 122 Å². The predicted octanol–water partition coefficient (Wildman–Crippen LogP) is 13.2. The molecule has 4 aromatic heterocycles. The molecule has 0 spiro atoms. The Hall–Kier alpha value is -6.43. The van der Waals surface area contributed by atoms with Crippen LogP contribution in [0.4, 0.5) is 0 Å². The molecule has 0 amide bonds. The number of benzene rings is 7. The van der Waals surface area contributed by atoms with Gasteiger partial charge < -0.3 is 9.51 Å². The number of hydrogen-bond acceptors (Lipinski definition) is 5. The molecule has 0 saturated heterocycles. The smallest absolute Gasteiger partial charge is 0.148 e. The number of imidazole rings is 2. The fourth-order valence-electron chi connectivity index (χ4n) is 9.43. The average molecular weight is 989 g/mol. The molecule has 0 fully saturated rings. The van der Waals surface area contributed by atoms with Crippen LogP contribution in [0, 0.1) is 19.9 Å². The van der Waals surface area contributed by atoms with E-state index in [1.165, 1.54) is 0 Å². The van der Waals surface area contributed by atoms with Crippen molar-refractivity contribution < 1.29 is 26.2 Å². The zero-order chi connectivity index (χ0) is 42.1. The summed E-state index contributed by atoms with van der Waals surface area (Å²) in [7, 11) is 0. The Morgan fingerprint density at radius 2 is 1.37 bits per heavy atom. The average Bonchev–Trinajstić information content (AvgIpc) is 3.80. The minimum Gasteiger partial charge on any atom is -0.507 e. The number of hydrogen-bond donors (Lipinski definition) is 1. The number of phenols is 1. The summed E-state index contributed by atoms with van der Waals surface area (Å²) in [5.41, 5.74) is 14.7. The largest absolute Gasteiger partial charge is 0.507 e.